The normalized spacial score (nSPS) is 10.5. The van der Waals surface area contributed by atoms with E-state index in [1.165, 1.54) is 0 Å². The number of carbonyl (C=O) groups is 3. The summed E-state index contributed by atoms with van der Waals surface area (Å²) < 4.78 is 4.97. The molecule has 138 valence electrons. The van der Waals surface area contributed by atoms with Gasteiger partial charge in [-0.15, -0.1) is 11.3 Å². The number of Topliss-reactive ketones (excluding diaryl/α,β-unsaturated/α-hetero) is 1. The van der Waals surface area contributed by atoms with Gasteiger partial charge in [-0.2, -0.15) is 0 Å². The Hall–Kier alpha value is -2.47. The highest BCUT2D eigenvalue weighted by molar-refractivity contribution is 7.12. The van der Waals surface area contributed by atoms with Gasteiger partial charge in [0.2, 0.25) is 0 Å². The van der Waals surface area contributed by atoms with Crippen molar-refractivity contribution in [3.05, 3.63) is 50.7 Å². The smallest absolute Gasteiger partial charge is 0.306 e. The Balaban J connectivity index is 1.78. The Bertz CT molecular complexity index is 838. The van der Waals surface area contributed by atoms with Crippen LogP contribution in [0.5, 0.6) is 0 Å². The van der Waals surface area contributed by atoms with E-state index in [9.17, 15) is 14.4 Å². The van der Waals surface area contributed by atoms with Crippen LogP contribution in [0.3, 0.4) is 0 Å². The molecule has 0 atom stereocenters. The molecule has 1 heterocycles. The lowest BCUT2D eigenvalue weighted by Gasteiger charge is -2.10. The molecule has 0 spiro atoms. The Labute approximate surface area is 157 Å². The van der Waals surface area contributed by atoms with Crippen LogP contribution in [0.1, 0.15) is 44.1 Å². The lowest BCUT2D eigenvalue weighted by atomic mass is 10.1. The third-order valence-corrected chi connectivity index (χ3v) is 5.11. The van der Waals surface area contributed by atoms with Crippen molar-refractivity contribution in [2.45, 2.75) is 40.5 Å². The van der Waals surface area contributed by atoms with Gasteiger partial charge in [-0.05, 0) is 51.0 Å². The predicted octanol–water partition coefficient (Wildman–Crippen LogP) is 4.13. The second kappa shape index (κ2) is 8.76. The Morgan fingerprint density at radius 3 is 2.46 bits per heavy atom. The molecule has 6 heteroatoms. The standard InChI is InChI=1S/C20H23NO4S/c1-12-6-5-7-17(14(12)3)21-19(23)11-25-20(24)9-8-18(22)16-10-13(2)26-15(16)4/h5-7,10H,8-9,11H2,1-4H3,(H,21,23). The second-order valence-electron chi connectivity index (χ2n) is 6.21. The fraction of sp³-hybridized carbons (Fsp3) is 0.350. The third-order valence-electron chi connectivity index (χ3n) is 4.14. The molecule has 0 aliphatic carbocycles. The van der Waals surface area contributed by atoms with Gasteiger partial charge in [0.15, 0.2) is 12.4 Å². The number of nitrogens with one attached hydrogen (secondary N) is 1. The highest BCUT2D eigenvalue weighted by Crippen LogP contribution is 2.22. The number of hydrogen-bond donors (Lipinski definition) is 1. The number of ether oxygens (including phenoxy) is 1. The van der Waals surface area contributed by atoms with E-state index in [1.54, 1.807) is 17.4 Å². The summed E-state index contributed by atoms with van der Waals surface area (Å²) in [6.07, 6.45) is 0.0401. The number of esters is 1. The number of carbonyl (C=O) groups excluding carboxylic acids is 3. The first-order valence-corrected chi connectivity index (χ1v) is 9.21. The molecule has 0 fully saturated rings. The highest BCUT2D eigenvalue weighted by Gasteiger charge is 2.15. The molecule has 1 aromatic carbocycles. The number of amides is 1. The van der Waals surface area contributed by atoms with E-state index in [-0.39, 0.29) is 25.2 Å². The monoisotopic (exact) mass is 373 g/mol. The lowest BCUT2D eigenvalue weighted by molar-refractivity contribution is -0.147. The molecule has 0 unspecified atom stereocenters. The zero-order valence-corrected chi connectivity index (χ0v) is 16.3. The first-order chi connectivity index (χ1) is 12.3. The van der Waals surface area contributed by atoms with Crippen LogP contribution >= 0.6 is 11.3 Å². The van der Waals surface area contributed by atoms with Crippen molar-refractivity contribution in [2.75, 3.05) is 11.9 Å². The van der Waals surface area contributed by atoms with Crippen LogP contribution in [-0.4, -0.2) is 24.3 Å². The molecule has 0 saturated heterocycles. The van der Waals surface area contributed by atoms with E-state index >= 15 is 0 Å². The summed E-state index contributed by atoms with van der Waals surface area (Å²) in [5, 5.41) is 2.73. The number of anilines is 1. The minimum absolute atomic E-state index is 0.0378. The average molecular weight is 373 g/mol. The topological polar surface area (TPSA) is 72.5 Å². The van der Waals surface area contributed by atoms with Gasteiger partial charge in [0, 0.05) is 27.4 Å². The molecular weight excluding hydrogens is 350 g/mol. The molecule has 5 nitrogen and oxygen atoms in total. The van der Waals surface area contributed by atoms with Crippen LogP contribution in [-0.2, 0) is 14.3 Å². The number of benzene rings is 1. The summed E-state index contributed by atoms with van der Waals surface area (Å²) in [6.45, 7) is 7.34. The molecule has 2 aromatic rings. The van der Waals surface area contributed by atoms with Gasteiger partial charge in [-0.3, -0.25) is 14.4 Å². The fourth-order valence-electron chi connectivity index (χ4n) is 2.55. The van der Waals surface area contributed by atoms with Crippen LogP contribution < -0.4 is 5.32 Å². The number of hydrogen-bond acceptors (Lipinski definition) is 5. The molecule has 1 aromatic heterocycles. The molecule has 1 N–H and O–H groups in total. The average Bonchev–Trinajstić information content (AvgIpc) is 2.93. The molecule has 1 amide bonds. The lowest BCUT2D eigenvalue weighted by Crippen LogP contribution is -2.21. The van der Waals surface area contributed by atoms with Gasteiger partial charge >= 0.3 is 5.97 Å². The van der Waals surface area contributed by atoms with Crippen LogP contribution in [0, 0.1) is 27.7 Å². The highest BCUT2D eigenvalue weighted by atomic mass is 32.1. The quantitative estimate of drug-likeness (QED) is 0.585. The van der Waals surface area contributed by atoms with E-state index in [0.717, 1.165) is 20.9 Å². The van der Waals surface area contributed by atoms with Crippen molar-refractivity contribution < 1.29 is 19.1 Å². The zero-order chi connectivity index (χ0) is 19.3. The van der Waals surface area contributed by atoms with Crippen LogP contribution in [0.2, 0.25) is 0 Å². The van der Waals surface area contributed by atoms with Crippen molar-refractivity contribution in [2.24, 2.45) is 0 Å². The number of ketones is 1. The summed E-state index contributed by atoms with van der Waals surface area (Å²) in [4.78, 5) is 37.9. The van der Waals surface area contributed by atoms with Gasteiger partial charge in [0.25, 0.3) is 5.91 Å². The Morgan fingerprint density at radius 2 is 1.81 bits per heavy atom. The molecule has 0 bridgehead atoms. The first kappa shape index (κ1) is 19.8. The van der Waals surface area contributed by atoms with E-state index < -0.39 is 11.9 Å². The van der Waals surface area contributed by atoms with Gasteiger partial charge in [0.1, 0.15) is 0 Å². The van der Waals surface area contributed by atoms with Crippen LogP contribution in [0.4, 0.5) is 5.69 Å². The largest absolute Gasteiger partial charge is 0.456 e. The van der Waals surface area contributed by atoms with Crippen molar-refractivity contribution >= 4 is 34.7 Å². The Kier molecular flexibility index (Phi) is 6.69. The molecule has 26 heavy (non-hydrogen) atoms. The minimum atomic E-state index is -0.556. The first-order valence-electron chi connectivity index (χ1n) is 8.40. The predicted molar refractivity (Wildman–Crippen MR) is 103 cm³/mol. The maximum absolute atomic E-state index is 12.2. The third kappa shape index (κ3) is 5.26. The van der Waals surface area contributed by atoms with Gasteiger partial charge in [-0.25, -0.2) is 0 Å². The number of rotatable bonds is 7. The fourth-order valence-corrected chi connectivity index (χ4v) is 3.49. The molecule has 0 aliphatic rings. The second-order valence-corrected chi connectivity index (χ2v) is 7.67. The van der Waals surface area contributed by atoms with Gasteiger partial charge < -0.3 is 10.1 Å². The number of aryl methyl sites for hydroxylation is 3. The van der Waals surface area contributed by atoms with Crippen molar-refractivity contribution in [3.63, 3.8) is 0 Å². The maximum Gasteiger partial charge on any atom is 0.306 e. The van der Waals surface area contributed by atoms with E-state index in [2.05, 4.69) is 5.32 Å². The number of thiophene rings is 1. The van der Waals surface area contributed by atoms with Gasteiger partial charge in [-0.1, -0.05) is 12.1 Å². The zero-order valence-electron chi connectivity index (χ0n) is 15.5. The SMILES string of the molecule is Cc1cc(C(=O)CCC(=O)OCC(=O)Nc2cccc(C)c2C)c(C)s1. The summed E-state index contributed by atoms with van der Waals surface area (Å²) >= 11 is 1.56. The van der Waals surface area contributed by atoms with E-state index in [4.69, 9.17) is 4.74 Å². The molecule has 0 radical (unpaired) electrons. The Morgan fingerprint density at radius 1 is 1.08 bits per heavy atom. The molecular formula is C20H23NO4S. The molecule has 0 aliphatic heterocycles. The molecule has 2 rings (SSSR count). The van der Waals surface area contributed by atoms with Crippen molar-refractivity contribution in [1.29, 1.82) is 0 Å². The van der Waals surface area contributed by atoms with Crippen molar-refractivity contribution in [1.82, 2.24) is 0 Å². The van der Waals surface area contributed by atoms with Gasteiger partial charge in [0.05, 0.1) is 6.42 Å². The van der Waals surface area contributed by atoms with Crippen LogP contribution in [0.15, 0.2) is 24.3 Å². The summed E-state index contributed by atoms with van der Waals surface area (Å²) in [5.41, 5.74) is 3.40. The van der Waals surface area contributed by atoms with Crippen LogP contribution in [0.25, 0.3) is 0 Å². The van der Waals surface area contributed by atoms with E-state index in [1.807, 2.05) is 45.9 Å². The summed E-state index contributed by atoms with van der Waals surface area (Å²) in [6, 6.07) is 7.44. The summed E-state index contributed by atoms with van der Waals surface area (Å²) in [5.74, 6) is -1.04. The maximum atomic E-state index is 12.2. The summed E-state index contributed by atoms with van der Waals surface area (Å²) in [7, 11) is 0. The van der Waals surface area contributed by atoms with Crippen molar-refractivity contribution in [3.8, 4) is 0 Å². The van der Waals surface area contributed by atoms with E-state index in [0.29, 0.717) is 11.3 Å². The minimum Gasteiger partial charge on any atom is -0.456 e. The molecule has 0 saturated carbocycles.